The number of carbonyl (C=O) groups excluding carboxylic acids is 1. The van der Waals surface area contributed by atoms with Crippen LogP contribution in [0.25, 0.3) is 11.0 Å². The first kappa shape index (κ1) is 17.7. The van der Waals surface area contributed by atoms with E-state index < -0.39 is 27.9 Å². The number of nitro groups is 1. The van der Waals surface area contributed by atoms with Crippen LogP contribution in [0.5, 0.6) is 0 Å². The average Bonchev–Trinajstić information content (AvgIpc) is 2.86. The fourth-order valence-corrected chi connectivity index (χ4v) is 2.92. The Hall–Kier alpha value is -3.15. The van der Waals surface area contributed by atoms with Crippen molar-refractivity contribution in [3.63, 3.8) is 0 Å². The molecule has 3 rings (SSSR count). The maximum atomic E-state index is 13.3. The highest BCUT2D eigenvalue weighted by molar-refractivity contribution is 9.10. The summed E-state index contributed by atoms with van der Waals surface area (Å²) in [7, 11) is 1.62. The number of hydrogen-bond donors (Lipinski definition) is 1. The second-order valence-corrected chi connectivity index (χ2v) is 6.01. The molecule has 3 aromatic rings. The van der Waals surface area contributed by atoms with Crippen molar-refractivity contribution in [2.45, 2.75) is 6.54 Å². The number of hydrogen-bond acceptors (Lipinski definition) is 6. The summed E-state index contributed by atoms with van der Waals surface area (Å²) in [5, 5.41) is 17.4. The number of carbonyl (C=O) groups is 1. The largest absolute Gasteiger partial charge is 0.324 e. The lowest BCUT2D eigenvalue weighted by atomic mass is 10.2. The standard InChI is InChI=1S/C14H10BrFN6O4/c1-20-13-11(12(15)19-20)14(24)21(6-17-13)5-10(23)18-7-2-3-8(16)9(4-7)22(25)26/h2-4,6H,5H2,1H3,(H,18,23). The highest BCUT2D eigenvalue weighted by Crippen LogP contribution is 2.21. The van der Waals surface area contributed by atoms with Crippen LogP contribution < -0.4 is 10.9 Å². The van der Waals surface area contributed by atoms with E-state index in [1.54, 1.807) is 7.05 Å². The molecule has 1 N–H and O–H groups in total. The van der Waals surface area contributed by atoms with Gasteiger partial charge in [-0.15, -0.1) is 0 Å². The lowest BCUT2D eigenvalue weighted by Crippen LogP contribution is -2.28. The Bertz CT molecular complexity index is 1110. The number of anilines is 1. The van der Waals surface area contributed by atoms with Crippen LogP contribution in [0.2, 0.25) is 0 Å². The third kappa shape index (κ3) is 3.18. The zero-order valence-electron chi connectivity index (χ0n) is 13.1. The summed E-state index contributed by atoms with van der Waals surface area (Å²) in [6.45, 7) is -0.381. The molecule has 2 heterocycles. The van der Waals surface area contributed by atoms with Gasteiger partial charge in [-0.25, -0.2) is 9.67 Å². The van der Waals surface area contributed by atoms with Gasteiger partial charge in [-0.05, 0) is 28.1 Å². The molecule has 0 unspecified atom stereocenters. The Labute approximate surface area is 152 Å². The molecule has 134 valence electrons. The van der Waals surface area contributed by atoms with Gasteiger partial charge in [0, 0.05) is 18.8 Å². The molecule has 2 aromatic heterocycles. The Balaban J connectivity index is 1.85. The molecule has 0 atom stereocenters. The fourth-order valence-electron chi connectivity index (χ4n) is 2.33. The van der Waals surface area contributed by atoms with Gasteiger partial charge in [0.15, 0.2) is 5.65 Å². The van der Waals surface area contributed by atoms with Crippen molar-refractivity contribution in [3.8, 4) is 0 Å². The van der Waals surface area contributed by atoms with Gasteiger partial charge < -0.3 is 5.32 Å². The molecule has 12 heteroatoms. The predicted molar refractivity (Wildman–Crippen MR) is 92.2 cm³/mol. The molecular formula is C14H10BrFN6O4. The number of aromatic nitrogens is 4. The Morgan fingerprint density at radius 3 is 2.88 bits per heavy atom. The molecule has 26 heavy (non-hydrogen) atoms. The third-order valence-corrected chi connectivity index (χ3v) is 4.06. The van der Waals surface area contributed by atoms with Gasteiger partial charge in [-0.2, -0.15) is 9.49 Å². The highest BCUT2D eigenvalue weighted by Gasteiger charge is 2.17. The molecule has 0 fully saturated rings. The van der Waals surface area contributed by atoms with E-state index in [4.69, 9.17) is 0 Å². The van der Waals surface area contributed by atoms with Crippen molar-refractivity contribution >= 4 is 44.2 Å². The maximum absolute atomic E-state index is 13.3. The first-order valence-corrected chi connectivity index (χ1v) is 7.88. The van der Waals surface area contributed by atoms with Crippen LogP contribution >= 0.6 is 15.9 Å². The van der Waals surface area contributed by atoms with Gasteiger partial charge in [0.2, 0.25) is 11.7 Å². The van der Waals surface area contributed by atoms with Crippen LogP contribution in [-0.2, 0) is 18.4 Å². The van der Waals surface area contributed by atoms with E-state index in [0.29, 0.717) is 10.3 Å². The molecule has 10 nitrogen and oxygen atoms in total. The van der Waals surface area contributed by atoms with Crippen LogP contribution in [0, 0.1) is 15.9 Å². The van der Waals surface area contributed by atoms with Gasteiger partial charge in [0.25, 0.3) is 5.56 Å². The number of nitro benzene ring substituents is 1. The molecule has 0 saturated carbocycles. The maximum Gasteiger partial charge on any atom is 0.306 e. The summed E-state index contributed by atoms with van der Waals surface area (Å²) in [4.78, 5) is 38.5. The van der Waals surface area contributed by atoms with Crippen molar-refractivity contribution in [1.29, 1.82) is 0 Å². The molecule has 0 bridgehead atoms. The van der Waals surface area contributed by atoms with Gasteiger partial charge in [0.1, 0.15) is 22.9 Å². The number of halogens is 2. The minimum atomic E-state index is -1.01. The van der Waals surface area contributed by atoms with E-state index in [-0.39, 0.29) is 17.6 Å². The summed E-state index contributed by atoms with van der Waals surface area (Å²) in [5.74, 6) is -1.64. The summed E-state index contributed by atoms with van der Waals surface area (Å²) in [5.41, 5.74) is -0.849. The van der Waals surface area contributed by atoms with Crippen LogP contribution in [0.1, 0.15) is 0 Å². The van der Waals surface area contributed by atoms with E-state index in [1.165, 1.54) is 17.1 Å². The van der Waals surface area contributed by atoms with Gasteiger partial charge in [-0.1, -0.05) is 0 Å². The summed E-state index contributed by atoms with van der Waals surface area (Å²) >= 11 is 3.17. The van der Waals surface area contributed by atoms with Crippen molar-refractivity contribution in [1.82, 2.24) is 19.3 Å². The molecule has 0 aliphatic heterocycles. The van der Waals surface area contributed by atoms with Crippen LogP contribution in [0.15, 0.2) is 33.9 Å². The zero-order valence-corrected chi connectivity index (χ0v) is 14.7. The van der Waals surface area contributed by atoms with E-state index in [0.717, 1.165) is 16.7 Å². The molecule has 0 spiro atoms. The Morgan fingerprint density at radius 2 is 2.19 bits per heavy atom. The summed E-state index contributed by atoms with van der Waals surface area (Å²) in [6, 6.07) is 2.96. The summed E-state index contributed by atoms with van der Waals surface area (Å²) < 4.78 is 16.1. The Morgan fingerprint density at radius 1 is 1.46 bits per heavy atom. The minimum Gasteiger partial charge on any atom is -0.324 e. The van der Waals surface area contributed by atoms with Crippen molar-refractivity contribution in [3.05, 3.63) is 55.4 Å². The molecule has 0 aliphatic carbocycles. The van der Waals surface area contributed by atoms with E-state index in [1.807, 2.05) is 0 Å². The molecule has 0 radical (unpaired) electrons. The van der Waals surface area contributed by atoms with E-state index >= 15 is 0 Å². The summed E-state index contributed by atoms with van der Waals surface area (Å²) in [6.07, 6.45) is 1.20. The number of benzene rings is 1. The number of nitrogens with one attached hydrogen (secondary N) is 1. The van der Waals surface area contributed by atoms with Gasteiger partial charge >= 0.3 is 5.69 Å². The Kier molecular flexibility index (Phi) is 4.50. The smallest absolute Gasteiger partial charge is 0.306 e. The first-order chi connectivity index (χ1) is 12.3. The van der Waals surface area contributed by atoms with Crippen LogP contribution in [0.4, 0.5) is 15.8 Å². The molecule has 1 amide bonds. The van der Waals surface area contributed by atoms with E-state index in [2.05, 4.69) is 31.3 Å². The monoisotopic (exact) mass is 424 g/mol. The zero-order chi connectivity index (χ0) is 19.0. The number of aryl methyl sites for hydroxylation is 1. The number of nitrogens with zero attached hydrogens (tertiary/aromatic N) is 5. The van der Waals surface area contributed by atoms with Crippen LogP contribution in [0.3, 0.4) is 0 Å². The number of amides is 1. The molecule has 0 aliphatic rings. The predicted octanol–water partition coefficient (Wildman–Crippen LogP) is 1.58. The lowest BCUT2D eigenvalue weighted by Gasteiger charge is -2.07. The van der Waals surface area contributed by atoms with E-state index in [9.17, 15) is 24.1 Å². The number of fused-ring (bicyclic) bond motifs is 1. The quantitative estimate of drug-likeness (QED) is 0.500. The minimum absolute atomic E-state index is 0.0349. The SMILES string of the molecule is Cn1nc(Br)c2c(=O)n(CC(=O)Nc3ccc(F)c([N+](=O)[O-])c3)cnc21. The number of rotatable bonds is 4. The third-order valence-electron chi connectivity index (χ3n) is 3.51. The van der Waals surface area contributed by atoms with Crippen molar-refractivity contribution < 1.29 is 14.1 Å². The normalized spacial score (nSPS) is 10.9. The van der Waals surface area contributed by atoms with Gasteiger partial charge in [-0.3, -0.25) is 24.3 Å². The second-order valence-electron chi connectivity index (χ2n) is 5.26. The van der Waals surface area contributed by atoms with Crippen molar-refractivity contribution in [2.75, 3.05) is 5.32 Å². The second kappa shape index (κ2) is 6.63. The fraction of sp³-hybridized carbons (Fsp3) is 0.143. The van der Waals surface area contributed by atoms with Crippen molar-refractivity contribution in [2.24, 2.45) is 7.05 Å². The molecular weight excluding hydrogens is 415 g/mol. The topological polar surface area (TPSA) is 125 Å². The average molecular weight is 425 g/mol. The first-order valence-electron chi connectivity index (χ1n) is 7.09. The van der Waals surface area contributed by atoms with Crippen LogP contribution in [-0.4, -0.2) is 30.2 Å². The molecule has 0 saturated heterocycles. The highest BCUT2D eigenvalue weighted by atomic mass is 79.9. The van der Waals surface area contributed by atoms with Gasteiger partial charge in [0.05, 0.1) is 4.92 Å². The molecule has 1 aromatic carbocycles. The lowest BCUT2D eigenvalue weighted by molar-refractivity contribution is -0.387.